The van der Waals surface area contributed by atoms with Crippen LogP contribution in [0.4, 0.5) is 4.39 Å². The lowest BCUT2D eigenvalue weighted by Gasteiger charge is -2.31. The molecule has 21 heavy (non-hydrogen) atoms. The average Bonchev–Trinajstić information content (AvgIpc) is 2.53. The molecule has 3 nitrogen and oxygen atoms in total. The molecule has 1 unspecified atom stereocenters. The monoisotopic (exact) mass is 289 g/mol. The molecule has 2 N–H and O–H groups in total. The zero-order valence-corrected chi connectivity index (χ0v) is 12.5. The van der Waals surface area contributed by atoms with Crippen molar-refractivity contribution < 1.29 is 13.9 Å². The number of ether oxygens (including phenoxy) is 2. The highest BCUT2D eigenvalue weighted by Gasteiger charge is 2.31. The van der Waals surface area contributed by atoms with Crippen LogP contribution in [0.15, 0.2) is 42.5 Å². The summed E-state index contributed by atoms with van der Waals surface area (Å²) in [5.41, 5.74) is 7.29. The highest BCUT2D eigenvalue weighted by atomic mass is 19.1. The van der Waals surface area contributed by atoms with Crippen LogP contribution < -0.4 is 15.2 Å². The van der Waals surface area contributed by atoms with Crippen LogP contribution in [0.5, 0.6) is 11.5 Å². The van der Waals surface area contributed by atoms with Gasteiger partial charge in [-0.1, -0.05) is 19.1 Å². The second-order valence-corrected chi connectivity index (χ2v) is 4.90. The summed E-state index contributed by atoms with van der Waals surface area (Å²) < 4.78 is 24.2. The first-order chi connectivity index (χ1) is 10.0. The minimum absolute atomic E-state index is 0.303. The van der Waals surface area contributed by atoms with Gasteiger partial charge in [0.25, 0.3) is 0 Å². The molecule has 0 amide bonds. The van der Waals surface area contributed by atoms with Gasteiger partial charge in [0.1, 0.15) is 17.3 Å². The minimum Gasteiger partial charge on any atom is -0.497 e. The number of halogens is 1. The van der Waals surface area contributed by atoms with Crippen LogP contribution >= 0.6 is 0 Å². The van der Waals surface area contributed by atoms with Gasteiger partial charge in [-0.25, -0.2) is 4.39 Å². The van der Waals surface area contributed by atoms with Crippen molar-refractivity contribution in [2.24, 2.45) is 5.73 Å². The van der Waals surface area contributed by atoms with Gasteiger partial charge in [0, 0.05) is 11.6 Å². The molecule has 2 rings (SSSR count). The average molecular weight is 289 g/mol. The van der Waals surface area contributed by atoms with Gasteiger partial charge in [-0.2, -0.15) is 0 Å². The van der Waals surface area contributed by atoms with Crippen LogP contribution in [0, 0.1) is 5.82 Å². The van der Waals surface area contributed by atoms with Crippen LogP contribution in [0.25, 0.3) is 0 Å². The van der Waals surface area contributed by atoms with Gasteiger partial charge in [0.05, 0.1) is 19.8 Å². The van der Waals surface area contributed by atoms with Crippen molar-refractivity contribution >= 4 is 0 Å². The molecule has 0 spiro atoms. The van der Waals surface area contributed by atoms with Crippen LogP contribution in [-0.4, -0.2) is 14.2 Å². The number of rotatable bonds is 5. The first-order valence-corrected chi connectivity index (χ1v) is 6.82. The lowest BCUT2D eigenvalue weighted by Crippen LogP contribution is -2.37. The molecule has 0 saturated heterocycles. The second-order valence-electron chi connectivity index (χ2n) is 4.90. The Morgan fingerprint density at radius 1 is 1.10 bits per heavy atom. The van der Waals surface area contributed by atoms with Crippen molar-refractivity contribution in [2.75, 3.05) is 14.2 Å². The van der Waals surface area contributed by atoms with E-state index >= 15 is 0 Å². The van der Waals surface area contributed by atoms with E-state index < -0.39 is 5.54 Å². The Morgan fingerprint density at radius 3 is 2.43 bits per heavy atom. The van der Waals surface area contributed by atoms with Crippen molar-refractivity contribution in [3.63, 3.8) is 0 Å². The van der Waals surface area contributed by atoms with Crippen molar-refractivity contribution in [3.05, 3.63) is 59.4 Å². The molecular formula is C17H20FNO2. The first-order valence-electron chi connectivity index (χ1n) is 6.82. The van der Waals surface area contributed by atoms with Crippen LogP contribution in [0.3, 0.4) is 0 Å². The lowest BCUT2D eigenvalue weighted by atomic mass is 9.81. The van der Waals surface area contributed by atoms with E-state index in [1.807, 2.05) is 25.1 Å². The molecule has 2 aromatic carbocycles. The lowest BCUT2D eigenvalue weighted by molar-refractivity contribution is 0.378. The van der Waals surface area contributed by atoms with E-state index in [1.165, 1.54) is 12.1 Å². The number of hydrogen-bond acceptors (Lipinski definition) is 3. The number of methoxy groups -OCH3 is 2. The van der Waals surface area contributed by atoms with Crippen molar-refractivity contribution in [3.8, 4) is 11.5 Å². The molecule has 0 heterocycles. The molecule has 0 fully saturated rings. The molecule has 112 valence electrons. The van der Waals surface area contributed by atoms with Crippen LogP contribution in [0.2, 0.25) is 0 Å². The number of benzene rings is 2. The molecule has 4 heteroatoms. The Bertz CT molecular complexity index is 630. The van der Waals surface area contributed by atoms with E-state index in [2.05, 4.69) is 0 Å². The van der Waals surface area contributed by atoms with Crippen molar-refractivity contribution in [1.82, 2.24) is 0 Å². The third kappa shape index (κ3) is 2.85. The summed E-state index contributed by atoms with van der Waals surface area (Å²) in [5.74, 6) is 1.01. The number of hydrogen-bond donors (Lipinski definition) is 1. The molecular weight excluding hydrogens is 269 g/mol. The summed E-state index contributed by atoms with van der Waals surface area (Å²) in [7, 11) is 3.18. The standard InChI is InChI=1S/C17H20FNO2/c1-4-17(19,12-6-5-7-13(18)10-12)15-9-8-14(20-2)11-16(15)21-3/h5-11H,4,19H2,1-3H3. The summed E-state index contributed by atoms with van der Waals surface area (Å²) >= 11 is 0. The predicted molar refractivity (Wildman–Crippen MR) is 81.2 cm³/mol. The molecule has 2 aromatic rings. The SMILES string of the molecule is CCC(N)(c1cccc(F)c1)c1ccc(OC)cc1OC. The van der Waals surface area contributed by atoms with Gasteiger partial charge >= 0.3 is 0 Å². The summed E-state index contributed by atoms with van der Waals surface area (Å²) in [4.78, 5) is 0. The highest BCUT2D eigenvalue weighted by molar-refractivity contribution is 5.49. The summed E-state index contributed by atoms with van der Waals surface area (Å²) in [6.07, 6.45) is 0.610. The first kappa shape index (κ1) is 15.3. The fourth-order valence-corrected chi connectivity index (χ4v) is 2.48. The predicted octanol–water partition coefficient (Wildman–Crippen LogP) is 3.46. The molecule has 0 aliphatic carbocycles. The third-order valence-corrected chi connectivity index (χ3v) is 3.79. The van der Waals surface area contributed by atoms with E-state index in [1.54, 1.807) is 26.4 Å². The topological polar surface area (TPSA) is 44.5 Å². The Labute approximate surface area is 124 Å². The fourth-order valence-electron chi connectivity index (χ4n) is 2.48. The Hall–Kier alpha value is -2.07. The molecule has 1 atom stereocenters. The van der Waals surface area contributed by atoms with Crippen molar-refractivity contribution in [1.29, 1.82) is 0 Å². The molecule has 0 bridgehead atoms. The zero-order valence-electron chi connectivity index (χ0n) is 12.5. The molecule has 0 radical (unpaired) electrons. The maximum Gasteiger partial charge on any atom is 0.127 e. The van der Waals surface area contributed by atoms with Gasteiger partial charge in [-0.15, -0.1) is 0 Å². The fraction of sp³-hybridized carbons (Fsp3) is 0.294. The smallest absolute Gasteiger partial charge is 0.127 e. The van der Waals surface area contributed by atoms with Gasteiger partial charge < -0.3 is 15.2 Å². The molecule has 0 aliphatic heterocycles. The Balaban J connectivity index is 2.59. The van der Waals surface area contributed by atoms with E-state index in [4.69, 9.17) is 15.2 Å². The summed E-state index contributed by atoms with van der Waals surface area (Å²) in [6, 6.07) is 11.8. The van der Waals surface area contributed by atoms with Crippen LogP contribution in [-0.2, 0) is 5.54 Å². The highest BCUT2D eigenvalue weighted by Crippen LogP contribution is 2.38. The molecule has 0 aliphatic rings. The Kier molecular flexibility index (Phi) is 4.48. The van der Waals surface area contributed by atoms with E-state index in [9.17, 15) is 4.39 Å². The molecule has 0 saturated carbocycles. The maximum atomic E-state index is 13.5. The quantitative estimate of drug-likeness (QED) is 0.917. The van der Waals surface area contributed by atoms with Gasteiger partial charge in [-0.3, -0.25) is 0 Å². The normalized spacial score (nSPS) is 13.6. The van der Waals surface area contributed by atoms with Gasteiger partial charge in [-0.05, 0) is 36.2 Å². The third-order valence-electron chi connectivity index (χ3n) is 3.79. The largest absolute Gasteiger partial charge is 0.497 e. The van der Waals surface area contributed by atoms with E-state index in [0.717, 1.165) is 5.56 Å². The van der Waals surface area contributed by atoms with Gasteiger partial charge in [0.2, 0.25) is 0 Å². The Morgan fingerprint density at radius 2 is 1.86 bits per heavy atom. The molecule has 0 aromatic heterocycles. The summed E-state index contributed by atoms with van der Waals surface area (Å²) in [5, 5.41) is 0. The van der Waals surface area contributed by atoms with E-state index in [-0.39, 0.29) is 5.82 Å². The number of nitrogens with two attached hydrogens (primary N) is 1. The summed E-state index contributed by atoms with van der Waals surface area (Å²) in [6.45, 7) is 1.97. The van der Waals surface area contributed by atoms with Crippen molar-refractivity contribution in [2.45, 2.75) is 18.9 Å². The zero-order chi connectivity index (χ0) is 15.5. The second kappa shape index (κ2) is 6.14. The van der Waals surface area contributed by atoms with Gasteiger partial charge in [0.15, 0.2) is 0 Å². The van der Waals surface area contributed by atoms with E-state index in [0.29, 0.717) is 23.5 Å². The van der Waals surface area contributed by atoms with Crippen LogP contribution in [0.1, 0.15) is 24.5 Å². The maximum absolute atomic E-state index is 13.5. The minimum atomic E-state index is -0.820.